The second-order valence-electron chi connectivity index (χ2n) is 7.46. The first kappa shape index (κ1) is 20.2. The molecule has 1 aliphatic heterocycles. The van der Waals surface area contributed by atoms with E-state index >= 15 is 0 Å². The summed E-state index contributed by atoms with van der Waals surface area (Å²) < 4.78 is 20.7. The molecule has 7 nitrogen and oxygen atoms in total. The highest BCUT2D eigenvalue weighted by Gasteiger charge is 2.33. The third-order valence-electron chi connectivity index (χ3n) is 5.32. The summed E-state index contributed by atoms with van der Waals surface area (Å²) in [5.74, 6) is -0.806. The number of aromatic nitrogens is 3. The van der Waals surface area contributed by atoms with Crippen molar-refractivity contribution in [2.45, 2.75) is 25.0 Å². The van der Waals surface area contributed by atoms with E-state index in [2.05, 4.69) is 20.3 Å². The van der Waals surface area contributed by atoms with Gasteiger partial charge in [-0.05, 0) is 42.3 Å². The molecule has 3 heterocycles. The molecular formula is C22H24FN5O2. The fraction of sp³-hybridized carbons (Fsp3) is 0.318. The van der Waals surface area contributed by atoms with Gasteiger partial charge in [0.05, 0.1) is 24.5 Å². The maximum Gasteiger partial charge on any atom is 0.255 e. The average molecular weight is 409 g/mol. The van der Waals surface area contributed by atoms with Crippen LogP contribution in [0.3, 0.4) is 0 Å². The number of anilines is 1. The molecule has 0 spiro atoms. The summed E-state index contributed by atoms with van der Waals surface area (Å²) in [5.41, 5.74) is 2.06. The molecule has 1 aromatic carbocycles. The molecule has 0 aliphatic carbocycles. The summed E-state index contributed by atoms with van der Waals surface area (Å²) in [6.07, 6.45) is 7.94. The van der Waals surface area contributed by atoms with Gasteiger partial charge in [-0.3, -0.25) is 19.4 Å². The van der Waals surface area contributed by atoms with Crippen molar-refractivity contribution in [1.29, 1.82) is 0 Å². The van der Waals surface area contributed by atoms with Crippen molar-refractivity contribution in [2.75, 3.05) is 25.6 Å². The molecule has 1 amide bonds. The zero-order chi connectivity index (χ0) is 20.9. The van der Waals surface area contributed by atoms with Crippen LogP contribution >= 0.6 is 0 Å². The Hall–Kier alpha value is -3.10. The van der Waals surface area contributed by atoms with Crippen molar-refractivity contribution in [3.63, 3.8) is 0 Å². The van der Waals surface area contributed by atoms with E-state index in [1.807, 2.05) is 23.0 Å². The van der Waals surface area contributed by atoms with Crippen LogP contribution in [0.1, 0.15) is 28.4 Å². The van der Waals surface area contributed by atoms with Gasteiger partial charge in [-0.1, -0.05) is 6.07 Å². The van der Waals surface area contributed by atoms with Crippen molar-refractivity contribution < 1.29 is 13.9 Å². The first-order valence-electron chi connectivity index (χ1n) is 9.85. The fourth-order valence-electron chi connectivity index (χ4n) is 3.87. The van der Waals surface area contributed by atoms with Crippen LogP contribution < -0.4 is 5.32 Å². The van der Waals surface area contributed by atoms with Crippen molar-refractivity contribution in [3.8, 4) is 0 Å². The zero-order valence-corrected chi connectivity index (χ0v) is 16.7. The van der Waals surface area contributed by atoms with Crippen LogP contribution in [0.15, 0.2) is 61.2 Å². The van der Waals surface area contributed by atoms with Gasteiger partial charge >= 0.3 is 0 Å². The van der Waals surface area contributed by atoms with E-state index in [9.17, 15) is 9.18 Å². The first-order valence-corrected chi connectivity index (χ1v) is 9.85. The summed E-state index contributed by atoms with van der Waals surface area (Å²) >= 11 is 0. The summed E-state index contributed by atoms with van der Waals surface area (Å²) in [6.45, 7) is 2.29. The topological polar surface area (TPSA) is 72.3 Å². The molecule has 1 N–H and O–H groups in total. The third kappa shape index (κ3) is 4.72. The Labute approximate surface area is 174 Å². The average Bonchev–Trinajstić information content (AvgIpc) is 3.36. The van der Waals surface area contributed by atoms with Gasteiger partial charge in [-0.2, -0.15) is 5.10 Å². The number of rotatable bonds is 7. The van der Waals surface area contributed by atoms with Crippen LogP contribution in [0, 0.1) is 5.82 Å². The Morgan fingerprint density at radius 3 is 2.90 bits per heavy atom. The lowest BCUT2D eigenvalue weighted by Crippen LogP contribution is -2.32. The number of nitrogens with one attached hydrogen (secondary N) is 1. The minimum atomic E-state index is -0.442. The molecule has 1 saturated heterocycles. The van der Waals surface area contributed by atoms with Crippen LogP contribution in [0.4, 0.5) is 10.1 Å². The molecule has 0 saturated carbocycles. The first-order chi connectivity index (χ1) is 14.6. The second kappa shape index (κ2) is 9.15. The Kier molecular flexibility index (Phi) is 6.15. The van der Waals surface area contributed by atoms with Gasteiger partial charge in [0, 0.05) is 50.4 Å². The molecule has 1 fully saturated rings. The number of amides is 1. The number of hydrogen-bond donors (Lipinski definition) is 1. The van der Waals surface area contributed by atoms with Gasteiger partial charge < -0.3 is 10.1 Å². The normalized spacial score (nSPS) is 19.1. The van der Waals surface area contributed by atoms with Gasteiger partial charge in [0.25, 0.3) is 5.91 Å². The molecule has 30 heavy (non-hydrogen) atoms. The Balaban J connectivity index is 1.43. The number of hydrogen-bond acceptors (Lipinski definition) is 5. The Morgan fingerprint density at radius 2 is 2.13 bits per heavy atom. The monoisotopic (exact) mass is 409 g/mol. The Bertz CT molecular complexity index is 994. The number of halogens is 1. The van der Waals surface area contributed by atoms with E-state index in [-0.39, 0.29) is 23.6 Å². The second-order valence-corrected chi connectivity index (χ2v) is 7.46. The zero-order valence-electron chi connectivity index (χ0n) is 16.7. The van der Waals surface area contributed by atoms with E-state index in [1.165, 1.54) is 23.8 Å². The molecule has 1 aliphatic rings. The molecule has 0 bridgehead atoms. The smallest absolute Gasteiger partial charge is 0.255 e. The minimum Gasteiger partial charge on any atom is -0.383 e. The summed E-state index contributed by atoms with van der Waals surface area (Å²) in [5, 5.41) is 7.23. The van der Waals surface area contributed by atoms with Gasteiger partial charge in [-0.15, -0.1) is 0 Å². The Morgan fingerprint density at radius 1 is 1.30 bits per heavy atom. The largest absolute Gasteiger partial charge is 0.383 e. The fourth-order valence-corrected chi connectivity index (χ4v) is 3.87. The SMILES string of the molecule is COC[C@@H]1C[C@H](n2cc(NC(=O)c3cccc(F)c3)cn2)CN1Cc1ccncc1. The van der Waals surface area contributed by atoms with E-state index in [4.69, 9.17) is 4.74 Å². The number of carbonyl (C=O) groups is 1. The van der Waals surface area contributed by atoms with E-state index in [1.54, 1.807) is 31.8 Å². The number of nitrogens with zero attached hydrogens (tertiary/aromatic N) is 4. The predicted octanol–water partition coefficient (Wildman–Crippen LogP) is 3.13. The van der Waals surface area contributed by atoms with Gasteiger partial charge in [-0.25, -0.2) is 4.39 Å². The van der Waals surface area contributed by atoms with Crippen molar-refractivity contribution in [1.82, 2.24) is 19.7 Å². The molecule has 8 heteroatoms. The van der Waals surface area contributed by atoms with E-state index < -0.39 is 5.82 Å². The number of benzene rings is 1. The lowest BCUT2D eigenvalue weighted by molar-refractivity contribution is 0.102. The van der Waals surface area contributed by atoms with E-state index in [0.717, 1.165) is 19.5 Å². The minimum absolute atomic E-state index is 0.173. The van der Waals surface area contributed by atoms with Gasteiger partial charge in [0.2, 0.25) is 0 Å². The molecule has 0 unspecified atom stereocenters. The predicted molar refractivity (Wildman–Crippen MR) is 111 cm³/mol. The van der Waals surface area contributed by atoms with Crippen molar-refractivity contribution >= 4 is 11.6 Å². The lowest BCUT2D eigenvalue weighted by Gasteiger charge is -2.23. The van der Waals surface area contributed by atoms with Gasteiger partial charge in [0.15, 0.2) is 0 Å². The number of ether oxygens (including phenoxy) is 1. The van der Waals surface area contributed by atoms with Crippen LogP contribution in [0.5, 0.6) is 0 Å². The standard InChI is InChI=1S/C22H24FN5O2/c1-30-15-21-10-20(14-27(21)12-16-5-7-24-8-6-16)28-13-19(11-25-28)26-22(29)17-3-2-4-18(23)9-17/h2-9,11,13,20-21H,10,12,14-15H2,1H3,(H,26,29)/t20-,21-/m0/s1. The molecule has 156 valence electrons. The molecule has 4 rings (SSSR count). The van der Waals surface area contributed by atoms with Crippen LogP contribution in [0.2, 0.25) is 0 Å². The third-order valence-corrected chi connectivity index (χ3v) is 5.32. The number of pyridine rings is 1. The highest BCUT2D eigenvalue weighted by molar-refractivity contribution is 6.04. The van der Waals surface area contributed by atoms with Crippen molar-refractivity contribution in [3.05, 3.63) is 78.1 Å². The highest BCUT2D eigenvalue weighted by atomic mass is 19.1. The van der Waals surface area contributed by atoms with Crippen LogP contribution in [-0.2, 0) is 11.3 Å². The van der Waals surface area contributed by atoms with E-state index in [0.29, 0.717) is 12.3 Å². The molecule has 2 aromatic heterocycles. The summed E-state index contributed by atoms with van der Waals surface area (Å²) in [4.78, 5) is 18.8. The lowest BCUT2D eigenvalue weighted by atomic mass is 10.2. The van der Waals surface area contributed by atoms with Crippen LogP contribution in [0.25, 0.3) is 0 Å². The highest BCUT2D eigenvalue weighted by Crippen LogP contribution is 2.29. The molecule has 2 atom stereocenters. The quantitative estimate of drug-likeness (QED) is 0.649. The molecule has 3 aromatic rings. The maximum absolute atomic E-state index is 13.4. The van der Waals surface area contributed by atoms with Crippen LogP contribution in [-0.4, -0.2) is 51.9 Å². The number of methoxy groups -OCH3 is 1. The number of carbonyl (C=O) groups excluding carboxylic acids is 1. The number of likely N-dealkylation sites (tertiary alicyclic amines) is 1. The van der Waals surface area contributed by atoms with Gasteiger partial charge in [0.1, 0.15) is 5.82 Å². The maximum atomic E-state index is 13.4. The van der Waals surface area contributed by atoms with Crippen molar-refractivity contribution in [2.24, 2.45) is 0 Å². The molecular weight excluding hydrogens is 385 g/mol. The summed E-state index contributed by atoms with van der Waals surface area (Å²) in [7, 11) is 1.71. The molecule has 0 radical (unpaired) electrons. The summed E-state index contributed by atoms with van der Waals surface area (Å²) in [6, 6.07) is 10.1.